The number of ether oxygens (including phenoxy) is 1. The van der Waals surface area contributed by atoms with E-state index in [-0.39, 0.29) is 0 Å². The van der Waals surface area contributed by atoms with Crippen molar-refractivity contribution in [3.8, 4) is 0 Å². The number of piperidine rings is 1. The third-order valence-electron chi connectivity index (χ3n) is 3.69. The molecule has 0 bridgehead atoms. The average Bonchev–Trinajstić information content (AvgIpc) is 2.22. The third kappa shape index (κ3) is 3.16. The van der Waals surface area contributed by atoms with Crippen LogP contribution in [-0.2, 0) is 4.74 Å². The summed E-state index contributed by atoms with van der Waals surface area (Å²) in [6.07, 6.45) is 6.65. The zero-order valence-corrected chi connectivity index (χ0v) is 9.66. The Hall–Kier alpha value is -0.120. The fourth-order valence-corrected chi connectivity index (χ4v) is 2.70. The summed E-state index contributed by atoms with van der Waals surface area (Å²) in [6.45, 7) is 5.37. The number of likely N-dealkylation sites (tertiary alicyclic amines) is 1. The molecule has 2 saturated heterocycles. The van der Waals surface area contributed by atoms with Crippen LogP contribution < -0.4 is 5.73 Å². The molecule has 2 aliphatic rings. The van der Waals surface area contributed by atoms with Gasteiger partial charge in [0.2, 0.25) is 0 Å². The van der Waals surface area contributed by atoms with Crippen LogP contribution in [0.1, 0.15) is 32.1 Å². The molecule has 0 aliphatic carbocycles. The van der Waals surface area contributed by atoms with Crippen molar-refractivity contribution < 1.29 is 4.74 Å². The predicted octanol–water partition coefficient (Wildman–Crippen LogP) is 1.23. The number of hydrogen-bond donors (Lipinski definition) is 1. The highest BCUT2D eigenvalue weighted by Crippen LogP contribution is 2.23. The average molecular weight is 212 g/mol. The zero-order chi connectivity index (χ0) is 10.5. The van der Waals surface area contributed by atoms with Crippen molar-refractivity contribution in [2.45, 2.75) is 38.1 Å². The molecule has 2 rings (SSSR count). The van der Waals surface area contributed by atoms with E-state index in [0.717, 1.165) is 31.7 Å². The van der Waals surface area contributed by atoms with Crippen molar-refractivity contribution in [3.63, 3.8) is 0 Å². The molecule has 0 saturated carbocycles. The standard InChI is InChI=1S/C12H24N2O/c13-6-3-5-12-4-1-2-7-14(12)8-11-9-15-10-11/h11-12H,1-10,13H2. The molecular formula is C12H24N2O. The van der Waals surface area contributed by atoms with E-state index in [1.807, 2.05) is 0 Å². The normalized spacial score (nSPS) is 29.0. The van der Waals surface area contributed by atoms with Crippen molar-refractivity contribution in [2.24, 2.45) is 11.7 Å². The molecular weight excluding hydrogens is 188 g/mol. The van der Waals surface area contributed by atoms with Gasteiger partial charge < -0.3 is 10.5 Å². The minimum Gasteiger partial charge on any atom is -0.381 e. The lowest BCUT2D eigenvalue weighted by molar-refractivity contribution is -0.0554. The van der Waals surface area contributed by atoms with Gasteiger partial charge in [-0.05, 0) is 38.8 Å². The van der Waals surface area contributed by atoms with E-state index >= 15 is 0 Å². The summed E-state index contributed by atoms with van der Waals surface area (Å²) < 4.78 is 5.25. The molecule has 0 spiro atoms. The van der Waals surface area contributed by atoms with Crippen molar-refractivity contribution in [1.82, 2.24) is 4.90 Å². The minimum atomic E-state index is 0.808. The maximum atomic E-state index is 5.59. The fourth-order valence-electron chi connectivity index (χ4n) is 2.70. The van der Waals surface area contributed by atoms with Crippen molar-refractivity contribution in [3.05, 3.63) is 0 Å². The first-order chi connectivity index (χ1) is 7.40. The van der Waals surface area contributed by atoms with Gasteiger partial charge in [0.15, 0.2) is 0 Å². The molecule has 0 radical (unpaired) electrons. The first-order valence-electron chi connectivity index (χ1n) is 6.42. The van der Waals surface area contributed by atoms with Crippen molar-refractivity contribution in [2.75, 3.05) is 32.8 Å². The molecule has 1 unspecified atom stereocenters. The van der Waals surface area contributed by atoms with Gasteiger partial charge in [0.25, 0.3) is 0 Å². The molecule has 1 atom stereocenters. The van der Waals surface area contributed by atoms with Crippen molar-refractivity contribution in [1.29, 1.82) is 0 Å². The Balaban J connectivity index is 1.76. The van der Waals surface area contributed by atoms with Crippen LogP contribution in [0.5, 0.6) is 0 Å². The number of nitrogens with two attached hydrogens (primary N) is 1. The van der Waals surface area contributed by atoms with E-state index in [2.05, 4.69) is 4.90 Å². The van der Waals surface area contributed by atoms with Gasteiger partial charge in [-0.1, -0.05) is 6.42 Å². The highest BCUT2D eigenvalue weighted by atomic mass is 16.5. The molecule has 2 fully saturated rings. The smallest absolute Gasteiger partial charge is 0.0528 e. The van der Waals surface area contributed by atoms with E-state index in [1.54, 1.807) is 0 Å². The second kappa shape index (κ2) is 5.83. The highest BCUT2D eigenvalue weighted by Gasteiger charge is 2.27. The lowest BCUT2D eigenvalue weighted by Crippen LogP contribution is -2.46. The molecule has 2 aliphatic heterocycles. The second-order valence-electron chi connectivity index (χ2n) is 4.98. The topological polar surface area (TPSA) is 38.5 Å². The lowest BCUT2D eigenvalue weighted by Gasteiger charge is -2.40. The Morgan fingerprint density at radius 3 is 2.80 bits per heavy atom. The number of hydrogen-bond acceptors (Lipinski definition) is 3. The summed E-state index contributed by atoms with van der Waals surface area (Å²) in [7, 11) is 0. The van der Waals surface area contributed by atoms with Gasteiger partial charge in [-0.3, -0.25) is 4.90 Å². The highest BCUT2D eigenvalue weighted by molar-refractivity contribution is 4.80. The van der Waals surface area contributed by atoms with E-state index in [0.29, 0.717) is 0 Å². The Morgan fingerprint density at radius 1 is 1.27 bits per heavy atom. The largest absolute Gasteiger partial charge is 0.381 e. The quantitative estimate of drug-likeness (QED) is 0.745. The molecule has 3 nitrogen and oxygen atoms in total. The monoisotopic (exact) mass is 212 g/mol. The Bertz CT molecular complexity index is 182. The van der Waals surface area contributed by atoms with Crippen LogP contribution in [0.25, 0.3) is 0 Å². The fraction of sp³-hybridized carbons (Fsp3) is 1.00. The van der Waals surface area contributed by atoms with Crippen LogP contribution in [0.15, 0.2) is 0 Å². The van der Waals surface area contributed by atoms with Gasteiger partial charge in [0.1, 0.15) is 0 Å². The molecule has 3 heteroatoms. The van der Waals surface area contributed by atoms with Crippen LogP contribution in [0.3, 0.4) is 0 Å². The van der Waals surface area contributed by atoms with Crippen LogP contribution in [-0.4, -0.2) is 43.8 Å². The first kappa shape index (κ1) is 11.4. The Morgan fingerprint density at radius 2 is 2.13 bits per heavy atom. The summed E-state index contributed by atoms with van der Waals surface area (Å²) in [4.78, 5) is 2.69. The van der Waals surface area contributed by atoms with Crippen LogP contribution in [0.2, 0.25) is 0 Å². The molecule has 0 amide bonds. The van der Waals surface area contributed by atoms with Gasteiger partial charge in [-0.2, -0.15) is 0 Å². The summed E-state index contributed by atoms with van der Waals surface area (Å²) in [5.74, 6) is 0.809. The molecule has 15 heavy (non-hydrogen) atoms. The van der Waals surface area contributed by atoms with Crippen molar-refractivity contribution >= 4 is 0 Å². The molecule has 2 heterocycles. The molecule has 88 valence electrons. The van der Waals surface area contributed by atoms with Gasteiger partial charge in [0.05, 0.1) is 13.2 Å². The SMILES string of the molecule is NCCCC1CCCCN1CC1COC1. The number of nitrogens with zero attached hydrogens (tertiary/aromatic N) is 1. The third-order valence-corrected chi connectivity index (χ3v) is 3.69. The molecule has 0 aromatic heterocycles. The molecule has 0 aromatic rings. The zero-order valence-electron chi connectivity index (χ0n) is 9.66. The Kier molecular flexibility index (Phi) is 4.42. The molecule has 2 N–H and O–H groups in total. The summed E-state index contributed by atoms with van der Waals surface area (Å²) >= 11 is 0. The Labute approximate surface area is 93.0 Å². The van der Waals surface area contributed by atoms with Gasteiger partial charge in [0, 0.05) is 18.5 Å². The van der Waals surface area contributed by atoms with E-state index in [4.69, 9.17) is 10.5 Å². The number of rotatable bonds is 5. The summed E-state index contributed by atoms with van der Waals surface area (Å²) in [5.41, 5.74) is 5.59. The molecule has 0 aromatic carbocycles. The van der Waals surface area contributed by atoms with Gasteiger partial charge >= 0.3 is 0 Å². The first-order valence-corrected chi connectivity index (χ1v) is 6.42. The van der Waals surface area contributed by atoms with Crippen LogP contribution >= 0.6 is 0 Å². The van der Waals surface area contributed by atoms with E-state index in [9.17, 15) is 0 Å². The van der Waals surface area contributed by atoms with E-state index in [1.165, 1.54) is 45.2 Å². The second-order valence-corrected chi connectivity index (χ2v) is 4.98. The predicted molar refractivity (Wildman–Crippen MR) is 61.8 cm³/mol. The minimum absolute atomic E-state index is 0.808. The maximum Gasteiger partial charge on any atom is 0.0528 e. The van der Waals surface area contributed by atoms with Gasteiger partial charge in [-0.25, -0.2) is 0 Å². The lowest BCUT2D eigenvalue weighted by atomic mass is 9.96. The maximum absolute atomic E-state index is 5.59. The van der Waals surface area contributed by atoms with Crippen LogP contribution in [0, 0.1) is 5.92 Å². The van der Waals surface area contributed by atoms with Gasteiger partial charge in [-0.15, -0.1) is 0 Å². The van der Waals surface area contributed by atoms with E-state index < -0.39 is 0 Å². The van der Waals surface area contributed by atoms with Crippen LogP contribution in [0.4, 0.5) is 0 Å². The summed E-state index contributed by atoms with van der Waals surface area (Å²) in [6, 6.07) is 0.808. The summed E-state index contributed by atoms with van der Waals surface area (Å²) in [5, 5.41) is 0.